The molecule has 0 saturated carbocycles. The Kier molecular flexibility index (Phi) is 6.05. The van der Waals surface area contributed by atoms with Crippen molar-refractivity contribution in [3.8, 4) is 22.6 Å². The molecule has 0 unspecified atom stereocenters. The van der Waals surface area contributed by atoms with Crippen LogP contribution in [0.15, 0.2) is 71.5 Å². The van der Waals surface area contributed by atoms with Gasteiger partial charge in [-0.25, -0.2) is 9.97 Å². The largest absolute Gasteiger partial charge is 0.417 e. The van der Waals surface area contributed by atoms with Crippen LogP contribution in [0.4, 0.5) is 32.3 Å². The second kappa shape index (κ2) is 9.22. The molecule has 0 atom stereocenters. The van der Waals surface area contributed by atoms with Gasteiger partial charge in [0.1, 0.15) is 23.6 Å². The van der Waals surface area contributed by atoms with Crippen LogP contribution in [-0.2, 0) is 25.4 Å². The molecule has 0 spiro atoms. The maximum absolute atomic E-state index is 13.5. The van der Waals surface area contributed by atoms with E-state index in [9.17, 15) is 26.3 Å². The summed E-state index contributed by atoms with van der Waals surface area (Å²) in [4.78, 5) is 8.76. The van der Waals surface area contributed by atoms with Crippen molar-refractivity contribution in [1.29, 1.82) is 0 Å². The molecule has 0 radical (unpaired) electrons. The molecule has 0 amide bonds. The van der Waals surface area contributed by atoms with Gasteiger partial charge in [-0.3, -0.25) is 4.68 Å². The molecule has 7 nitrogen and oxygen atoms in total. The maximum atomic E-state index is 13.5. The summed E-state index contributed by atoms with van der Waals surface area (Å²) in [6.45, 7) is 0.514. The molecule has 5 rings (SSSR count). The van der Waals surface area contributed by atoms with Gasteiger partial charge in [0.2, 0.25) is 5.95 Å². The van der Waals surface area contributed by atoms with Crippen molar-refractivity contribution < 1.29 is 30.9 Å². The third-order valence-corrected chi connectivity index (χ3v) is 5.41. The van der Waals surface area contributed by atoms with Crippen LogP contribution in [0.5, 0.6) is 0 Å². The fraction of sp³-hybridized carbons (Fsp3) is 0.167. The highest BCUT2D eigenvalue weighted by atomic mass is 19.4. The minimum atomic E-state index is -5.03. The van der Waals surface area contributed by atoms with E-state index >= 15 is 0 Å². The van der Waals surface area contributed by atoms with E-state index in [1.54, 1.807) is 6.20 Å². The van der Waals surface area contributed by atoms with Gasteiger partial charge in [0.25, 0.3) is 0 Å². The van der Waals surface area contributed by atoms with E-state index in [1.165, 1.54) is 16.9 Å². The average Bonchev–Trinajstić information content (AvgIpc) is 3.48. The van der Waals surface area contributed by atoms with E-state index in [-0.39, 0.29) is 24.1 Å². The van der Waals surface area contributed by atoms with Gasteiger partial charge >= 0.3 is 12.4 Å². The summed E-state index contributed by atoms with van der Waals surface area (Å²) in [6.07, 6.45) is -6.89. The van der Waals surface area contributed by atoms with Crippen LogP contribution < -0.4 is 5.32 Å². The molecule has 1 aromatic heterocycles. The number of nitrogens with one attached hydrogen (secondary N) is 1. The second-order valence-electron chi connectivity index (χ2n) is 8.06. The summed E-state index contributed by atoms with van der Waals surface area (Å²) >= 11 is 0. The molecule has 0 aliphatic carbocycles. The van der Waals surface area contributed by atoms with Gasteiger partial charge in [-0.05, 0) is 17.7 Å². The third-order valence-electron chi connectivity index (χ3n) is 5.41. The van der Waals surface area contributed by atoms with Crippen molar-refractivity contribution in [3.63, 3.8) is 0 Å². The Morgan fingerprint density at radius 2 is 1.59 bits per heavy atom. The van der Waals surface area contributed by atoms with Crippen LogP contribution in [0.25, 0.3) is 22.6 Å². The number of imidazole rings is 1. The lowest BCUT2D eigenvalue weighted by Gasteiger charge is -2.14. The molecule has 2 aliphatic heterocycles. The first-order chi connectivity index (χ1) is 17.6. The number of hydrogen-bond acceptors (Lipinski definition) is 6. The number of anilines is 1. The molecule has 0 bridgehead atoms. The molecule has 3 heterocycles. The number of rotatable bonds is 6. The van der Waals surface area contributed by atoms with Crippen LogP contribution in [0.1, 0.15) is 22.5 Å². The zero-order chi connectivity index (χ0) is 26.2. The zero-order valence-electron chi connectivity index (χ0n) is 18.7. The van der Waals surface area contributed by atoms with E-state index in [2.05, 4.69) is 25.5 Å². The minimum Gasteiger partial charge on any atom is -0.359 e. The van der Waals surface area contributed by atoms with Crippen LogP contribution in [0.2, 0.25) is 0 Å². The summed E-state index contributed by atoms with van der Waals surface area (Å²) in [5.74, 6) is 0.546. The van der Waals surface area contributed by atoms with E-state index < -0.39 is 29.0 Å². The first-order valence-electron chi connectivity index (χ1n) is 10.8. The number of benzene rings is 2. The Labute approximate surface area is 205 Å². The zero-order valence-corrected chi connectivity index (χ0v) is 18.7. The quantitative estimate of drug-likeness (QED) is 0.273. The molecule has 13 heteroatoms. The van der Waals surface area contributed by atoms with Crippen molar-refractivity contribution in [1.82, 2.24) is 24.9 Å². The number of halogens is 6. The van der Waals surface area contributed by atoms with Gasteiger partial charge in [-0.2, -0.15) is 31.4 Å². The van der Waals surface area contributed by atoms with E-state index in [0.29, 0.717) is 29.9 Å². The van der Waals surface area contributed by atoms with Crippen molar-refractivity contribution in [2.75, 3.05) is 5.32 Å². The molecular weight excluding hydrogens is 502 g/mol. The average molecular weight is 518 g/mol. The molecule has 3 aromatic rings. The SMILES string of the molecule is FC(F)(F)c1ccc(-c2cc(Cn3cc4nc(NCc5ccccc5)nc-4cn3)on2)c(C(F)(F)F)c1. The highest BCUT2D eigenvalue weighted by Gasteiger charge is 2.39. The lowest BCUT2D eigenvalue weighted by atomic mass is 10.0. The van der Waals surface area contributed by atoms with Gasteiger partial charge in [0.05, 0.1) is 23.5 Å². The van der Waals surface area contributed by atoms with Gasteiger partial charge in [0, 0.05) is 18.2 Å². The highest BCUT2D eigenvalue weighted by Crippen LogP contribution is 2.40. The van der Waals surface area contributed by atoms with Crippen LogP contribution in [0, 0.1) is 0 Å². The molecule has 0 fully saturated rings. The lowest BCUT2D eigenvalue weighted by Crippen LogP contribution is -2.12. The Balaban J connectivity index is 1.35. The number of alkyl halides is 6. The normalized spacial score (nSPS) is 12.3. The lowest BCUT2D eigenvalue weighted by molar-refractivity contribution is -0.142. The van der Waals surface area contributed by atoms with Crippen molar-refractivity contribution in [3.05, 3.63) is 89.4 Å². The van der Waals surface area contributed by atoms with Crippen molar-refractivity contribution in [2.24, 2.45) is 0 Å². The van der Waals surface area contributed by atoms with Gasteiger partial charge in [-0.1, -0.05) is 41.6 Å². The van der Waals surface area contributed by atoms with Crippen molar-refractivity contribution >= 4 is 5.95 Å². The van der Waals surface area contributed by atoms with E-state index in [0.717, 1.165) is 11.6 Å². The highest BCUT2D eigenvalue weighted by molar-refractivity contribution is 5.65. The predicted octanol–water partition coefficient (Wildman–Crippen LogP) is 6.13. The number of fused-ring (bicyclic) bond motifs is 1. The van der Waals surface area contributed by atoms with E-state index in [4.69, 9.17) is 4.52 Å². The molecule has 37 heavy (non-hydrogen) atoms. The molecule has 1 N–H and O–H groups in total. The van der Waals surface area contributed by atoms with E-state index in [1.807, 2.05) is 30.3 Å². The summed E-state index contributed by atoms with van der Waals surface area (Å²) in [7, 11) is 0. The monoisotopic (exact) mass is 518 g/mol. The smallest absolute Gasteiger partial charge is 0.359 e. The van der Waals surface area contributed by atoms with Gasteiger partial charge < -0.3 is 9.84 Å². The fourth-order valence-corrected chi connectivity index (χ4v) is 3.66. The minimum absolute atomic E-state index is 0.00936. The van der Waals surface area contributed by atoms with Crippen LogP contribution >= 0.6 is 0 Å². The summed E-state index contributed by atoms with van der Waals surface area (Å²) in [6, 6.07) is 12.3. The summed E-state index contributed by atoms with van der Waals surface area (Å²) in [5.41, 5.74) is -1.55. The Morgan fingerprint density at radius 1 is 0.838 bits per heavy atom. The number of aromatic nitrogens is 5. The Morgan fingerprint density at radius 3 is 2.32 bits per heavy atom. The molecule has 0 saturated heterocycles. The molecule has 190 valence electrons. The van der Waals surface area contributed by atoms with Gasteiger partial charge in [-0.15, -0.1) is 0 Å². The fourth-order valence-electron chi connectivity index (χ4n) is 3.66. The number of hydrogen-bond donors (Lipinski definition) is 1. The second-order valence-corrected chi connectivity index (χ2v) is 8.06. The molecular formula is C24H16F6N6O. The summed E-state index contributed by atoms with van der Waals surface area (Å²) in [5, 5.41) is 11.0. The van der Waals surface area contributed by atoms with Crippen molar-refractivity contribution in [2.45, 2.75) is 25.4 Å². The maximum Gasteiger partial charge on any atom is 0.417 e. The first-order valence-corrected chi connectivity index (χ1v) is 10.8. The third kappa shape index (κ3) is 5.39. The Hall–Kier alpha value is -4.42. The van der Waals surface area contributed by atoms with Crippen LogP contribution in [0.3, 0.4) is 0 Å². The standard InChI is InChI=1S/C24H16F6N6O/c25-23(26,27)15-6-7-17(18(8-15)24(28,29)30)19-9-16(37-35-19)12-36-13-21-20(11-32-36)33-22(34-21)31-10-14-4-2-1-3-5-14/h1-9,11,13H,10,12H2,(H,31,34). The Bertz CT molecular complexity index is 1490. The van der Waals surface area contributed by atoms with Gasteiger partial charge in [0.15, 0.2) is 5.76 Å². The molecule has 2 aromatic carbocycles. The molecule has 2 aliphatic rings. The summed E-state index contributed by atoms with van der Waals surface area (Å²) < 4.78 is 85.9. The van der Waals surface area contributed by atoms with Crippen LogP contribution in [-0.4, -0.2) is 24.9 Å². The first kappa shape index (κ1) is 24.3. The predicted molar refractivity (Wildman–Crippen MR) is 119 cm³/mol. The number of nitrogens with zero attached hydrogens (tertiary/aromatic N) is 5. The topological polar surface area (TPSA) is 81.7 Å².